The number of ketones is 1. The first kappa shape index (κ1) is 30.9. The lowest BCUT2D eigenvalue weighted by atomic mass is 9.50. The first-order valence-corrected chi connectivity index (χ1v) is 15.5. The Morgan fingerprint density at radius 2 is 1.43 bits per heavy atom. The van der Waals surface area contributed by atoms with Gasteiger partial charge in [-0.3, -0.25) is 9.59 Å². The Labute approximate surface area is 267 Å². The number of hydrogen-bond acceptors (Lipinski definition) is 3. The average molecular weight is 640 g/mol. The third kappa shape index (κ3) is 7.51. The Hall–Kier alpha value is -2.54. The second-order valence-corrected chi connectivity index (χ2v) is 13.1. The van der Waals surface area contributed by atoms with Gasteiger partial charge in [0.25, 0.3) is 0 Å². The third-order valence-corrected chi connectivity index (χ3v) is 9.58. The zero-order chi connectivity index (χ0) is 29.9. The Balaban J connectivity index is 1.49. The number of Topliss-reactive ketones (excluding diaryl/α,β-unsaturated/α-hetero) is 1. The maximum Gasteiger partial charge on any atom is 0.239 e. The summed E-state index contributed by atoms with van der Waals surface area (Å²) in [7, 11) is 0.765. The predicted octanol–water partition coefficient (Wildman–Crippen LogP) is 8.09. The Morgan fingerprint density at radius 1 is 0.881 bits per heavy atom. The molecule has 3 aromatic carbocycles. The lowest BCUT2D eigenvalue weighted by Crippen LogP contribution is -2.53. The van der Waals surface area contributed by atoms with Crippen molar-refractivity contribution in [2.45, 2.75) is 44.0 Å². The lowest BCUT2D eigenvalue weighted by molar-refractivity contribution is -0.133. The van der Waals surface area contributed by atoms with Crippen LogP contribution in [0.1, 0.15) is 42.9 Å². The molecule has 1 N–H and O–H groups in total. The molecule has 1 heterocycles. The summed E-state index contributed by atoms with van der Waals surface area (Å²) in [5.41, 5.74) is 3.52. The number of hydrogen-bond donors (Lipinski definition) is 1. The first-order chi connectivity index (χ1) is 20.1. The summed E-state index contributed by atoms with van der Waals surface area (Å²) in [6.07, 6.45) is 7.63. The van der Waals surface area contributed by atoms with Crippen LogP contribution >= 0.6 is 46.4 Å². The van der Waals surface area contributed by atoms with Crippen LogP contribution in [0, 0.1) is 0 Å². The second-order valence-electron chi connectivity index (χ2n) is 11.5. The molecule has 9 heteroatoms. The molecular weight excluding hydrogens is 609 g/mol. The van der Waals surface area contributed by atoms with E-state index in [4.69, 9.17) is 46.4 Å². The van der Waals surface area contributed by atoms with Crippen LogP contribution in [0.15, 0.2) is 77.9 Å². The summed E-state index contributed by atoms with van der Waals surface area (Å²) in [4.78, 5) is 29.8. The van der Waals surface area contributed by atoms with Gasteiger partial charge in [-0.1, -0.05) is 115 Å². The molecule has 1 unspecified atom stereocenters. The standard InChI is InChI=1S/C33H31BCl4N2O2/c1-33(12-5-13-33)34-39-30(18-21-6-3-2-4-7-21)32(42)40-19-24(14-22-8-10-26(35)28(37)16-22)31(41)25(20-40)15-23-9-11-27(36)29(38)17-23/h2-4,6-11,14-17,30,34,39H,5,12-13,18-20H2,1H3/b24-14+,25-15+. The van der Waals surface area contributed by atoms with Gasteiger partial charge in [-0.25, -0.2) is 0 Å². The van der Waals surface area contributed by atoms with Crippen LogP contribution in [-0.2, 0) is 16.0 Å². The van der Waals surface area contributed by atoms with Gasteiger partial charge in [0, 0.05) is 24.2 Å². The molecule has 1 amide bonds. The van der Waals surface area contributed by atoms with Gasteiger partial charge in [0.2, 0.25) is 13.3 Å². The smallest absolute Gasteiger partial charge is 0.239 e. The summed E-state index contributed by atoms with van der Waals surface area (Å²) in [5, 5.41) is 5.45. The zero-order valence-corrected chi connectivity index (χ0v) is 26.3. The predicted molar refractivity (Wildman–Crippen MR) is 177 cm³/mol. The van der Waals surface area contributed by atoms with Crippen molar-refractivity contribution in [3.05, 3.63) is 115 Å². The molecule has 5 rings (SSSR count). The van der Waals surface area contributed by atoms with Gasteiger partial charge in [0.15, 0.2) is 5.78 Å². The quantitative estimate of drug-likeness (QED) is 0.200. The highest BCUT2D eigenvalue weighted by Crippen LogP contribution is 2.45. The van der Waals surface area contributed by atoms with E-state index in [1.54, 1.807) is 53.5 Å². The highest BCUT2D eigenvalue weighted by atomic mass is 35.5. The molecule has 1 aliphatic heterocycles. The maximum absolute atomic E-state index is 14.2. The molecule has 1 saturated heterocycles. The Bertz CT molecular complexity index is 1480. The maximum atomic E-state index is 14.2. The van der Waals surface area contributed by atoms with Crippen molar-refractivity contribution in [3.8, 4) is 0 Å². The number of amides is 1. The largest absolute Gasteiger partial charge is 0.348 e. The highest BCUT2D eigenvalue weighted by molar-refractivity contribution is 6.42. The minimum Gasteiger partial charge on any atom is -0.348 e. The third-order valence-electron chi connectivity index (χ3n) is 8.10. The van der Waals surface area contributed by atoms with Crippen molar-refractivity contribution in [2.75, 3.05) is 13.1 Å². The van der Waals surface area contributed by atoms with E-state index in [0.717, 1.165) is 36.9 Å². The van der Waals surface area contributed by atoms with E-state index in [-0.39, 0.29) is 30.1 Å². The van der Waals surface area contributed by atoms with Crippen LogP contribution in [-0.4, -0.2) is 43.1 Å². The van der Waals surface area contributed by atoms with E-state index in [1.165, 1.54) is 6.42 Å². The van der Waals surface area contributed by atoms with Crippen LogP contribution in [0.3, 0.4) is 0 Å². The van der Waals surface area contributed by atoms with Gasteiger partial charge in [-0.15, -0.1) is 0 Å². The number of carbonyl (C=O) groups excluding carboxylic acids is 2. The van der Waals surface area contributed by atoms with Gasteiger partial charge in [-0.2, -0.15) is 0 Å². The van der Waals surface area contributed by atoms with Crippen LogP contribution in [0.2, 0.25) is 25.4 Å². The number of piperidine rings is 1. The van der Waals surface area contributed by atoms with E-state index in [9.17, 15) is 9.59 Å². The monoisotopic (exact) mass is 638 g/mol. The van der Waals surface area contributed by atoms with Crippen molar-refractivity contribution in [1.29, 1.82) is 0 Å². The van der Waals surface area contributed by atoms with E-state index < -0.39 is 6.04 Å². The fourth-order valence-corrected chi connectivity index (χ4v) is 6.06. The SMILES string of the molecule is CC1(BNC(Cc2ccccc2)C(=O)N2C/C(=C\c3ccc(Cl)c(Cl)c3)C(=O)/C(=C/c3ccc(Cl)c(Cl)c3)C2)CCC1. The topological polar surface area (TPSA) is 49.4 Å². The van der Waals surface area contributed by atoms with Crippen molar-refractivity contribution < 1.29 is 9.59 Å². The molecule has 3 aromatic rings. The van der Waals surface area contributed by atoms with Crippen molar-refractivity contribution in [1.82, 2.24) is 10.1 Å². The van der Waals surface area contributed by atoms with Gasteiger partial charge >= 0.3 is 0 Å². The first-order valence-electron chi connectivity index (χ1n) is 14.0. The summed E-state index contributed by atoms with van der Waals surface area (Å²) in [6.45, 7) is 2.63. The fourth-order valence-electron chi connectivity index (χ4n) is 5.45. The van der Waals surface area contributed by atoms with E-state index in [2.05, 4.69) is 12.2 Å². The normalized spacial score (nSPS) is 19.1. The molecule has 0 aromatic heterocycles. The molecule has 1 aliphatic carbocycles. The minimum absolute atomic E-state index is 0.0469. The number of benzene rings is 3. The zero-order valence-electron chi connectivity index (χ0n) is 23.3. The average Bonchev–Trinajstić information content (AvgIpc) is 2.96. The number of halogens is 4. The van der Waals surface area contributed by atoms with Gasteiger partial charge in [-0.05, 0) is 64.8 Å². The summed E-state index contributed by atoms with van der Waals surface area (Å²) < 4.78 is 0. The number of rotatable bonds is 8. The molecule has 42 heavy (non-hydrogen) atoms. The summed E-state index contributed by atoms with van der Waals surface area (Å²) in [6, 6.07) is 20.0. The van der Waals surface area contributed by atoms with Crippen LogP contribution in [0.25, 0.3) is 12.2 Å². The molecule has 0 radical (unpaired) electrons. The highest BCUT2D eigenvalue weighted by Gasteiger charge is 2.37. The van der Waals surface area contributed by atoms with E-state index >= 15 is 0 Å². The fraction of sp³-hybridized carbons (Fsp3) is 0.273. The van der Waals surface area contributed by atoms with Crippen LogP contribution in [0.4, 0.5) is 0 Å². The summed E-state index contributed by atoms with van der Waals surface area (Å²) >= 11 is 24.8. The van der Waals surface area contributed by atoms with E-state index in [0.29, 0.717) is 37.7 Å². The molecule has 216 valence electrons. The van der Waals surface area contributed by atoms with Crippen molar-refractivity contribution in [2.24, 2.45) is 0 Å². The van der Waals surface area contributed by atoms with Crippen molar-refractivity contribution >= 4 is 77.7 Å². The molecule has 1 saturated carbocycles. The second kappa shape index (κ2) is 13.4. The van der Waals surface area contributed by atoms with Gasteiger partial charge < -0.3 is 10.1 Å². The summed E-state index contributed by atoms with van der Waals surface area (Å²) in [5.74, 6) is -0.180. The molecule has 0 spiro atoms. The molecule has 2 fully saturated rings. The molecule has 4 nitrogen and oxygen atoms in total. The Kier molecular flexibility index (Phi) is 9.86. The minimum atomic E-state index is -0.435. The van der Waals surface area contributed by atoms with Gasteiger partial charge in [0.05, 0.1) is 26.1 Å². The molecular formula is C33H31BCl4N2O2. The molecule has 2 aliphatic rings. The molecule has 1 atom stereocenters. The van der Waals surface area contributed by atoms with Gasteiger partial charge in [0.1, 0.15) is 0 Å². The molecule has 0 bridgehead atoms. The van der Waals surface area contributed by atoms with Crippen LogP contribution < -0.4 is 5.23 Å². The van der Waals surface area contributed by atoms with Crippen molar-refractivity contribution in [3.63, 3.8) is 0 Å². The Morgan fingerprint density at radius 3 is 1.90 bits per heavy atom. The number of carbonyl (C=O) groups is 2. The van der Waals surface area contributed by atoms with E-state index in [1.807, 2.05) is 30.3 Å². The number of nitrogens with zero attached hydrogens (tertiary/aromatic N) is 1. The van der Waals surface area contributed by atoms with Crippen LogP contribution in [0.5, 0.6) is 0 Å². The number of likely N-dealkylation sites (tertiary alicyclic amines) is 1. The lowest BCUT2D eigenvalue weighted by Gasteiger charge is -2.39. The number of nitrogens with one attached hydrogen (secondary N) is 1.